The van der Waals surface area contributed by atoms with Gasteiger partial charge in [-0.05, 0) is 12.2 Å². The van der Waals surface area contributed by atoms with Crippen LogP contribution in [-0.2, 0) is 0 Å². The summed E-state index contributed by atoms with van der Waals surface area (Å²) in [6.07, 6.45) is 4.37. The van der Waals surface area contributed by atoms with Crippen molar-refractivity contribution in [2.45, 2.75) is 6.55 Å². The molecule has 0 aromatic heterocycles. The van der Waals surface area contributed by atoms with E-state index < -0.39 is 6.55 Å². The van der Waals surface area contributed by atoms with Gasteiger partial charge < -0.3 is 0 Å². The second-order valence-corrected chi connectivity index (χ2v) is 2.94. The fourth-order valence-corrected chi connectivity index (χ4v) is 1.10. The average Bonchev–Trinajstić information content (AvgIpc) is 1.85. The fraction of sp³-hybridized carbons (Fsp3) is 0.143. The van der Waals surface area contributed by atoms with Crippen molar-refractivity contribution in [2.75, 3.05) is 0 Å². The van der Waals surface area contributed by atoms with Gasteiger partial charge in [-0.3, -0.25) is 4.90 Å². The van der Waals surface area contributed by atoms with E-state index in [2.05, 4.69) is 22.5 Å². The van der Waals surface area contributed by atoms with Gasteiger partial charge in [-0.25, -0.2) is 0 Å². The molecule has 0 atom stereocenters. The van der Waals surface area contributed by atoms with Gasteiger partial charge in [0.2, 0.25) is 0 Å². The van der Waals surface area contributed by atoms with E-state index in [1.54, 1.807) is 6.08 Å². The smallest absolute Gasteiger partial charge is 0.292 e. The standard InChI is InChI=1S/C7H6BrF2N/c1-5-4-6(8)2-3-11(5)7(9)10/h2-4,7H,1H2. The minimum absolute atomic E-state index is 0.286. The maximum Gasteiger partial charge on any atom is 0.318 e. The number of halogens is 3. The van der Waals surface area contributed by atoms with E-state index in [0.29, 0.717) is 0 Å². The Hall–Kier alpha value is -0.640. The van der Waals surface area contributed by atoms with Crippen LogP contribution in [0.1, 0.15) is 0 Å². The summed E-state index contributed by atoms with van der Waals surface area (Å²) in [5, 5.41) is 0. The van der Waals surface area contributed by atoms with E-state index in [9.17, 15) is 8.78 Å². The zero-order chi connectivity index (χ0) is 8.43. The molecule has 0 amide bonds. The molecule has 1 nitrogen and oxygen atoms in total. The maximum absolute atomic E-state index is 12.1. The number of hydrogen-bond donors (Lipinski definition) is 0. The lowest BCUT2D eigenvalue weighted by Gasteiger charge is -2.21. The molecule has 4 heteroatoms. The molecule has 1 rings (SSSR count). The molecule has 0 aromatic carbocycles. The molecule has 0 unspecified atom stereocenters. The van der Waals surface area contributed by atoms with Crippen LogP contribution < -0.4 is 0 Å². The first-order chi connectivity index (χ1) is 5.11. The van der Waals surface area contributed by atoms with Crippen LogP contribution in [-0.4, -0.2) is 11.4 Å². The van der Waals surface area contributed by atoms with Crippen molar-refractivity contribution in [3.63, 3.8) is 0 Å². The van der Waals surface area contributed by atoms with Gasteiger partial charge in [0.15, 0.2) is 0 Å². The number of allylic oxidation sites excluding steroid dienone is 3. The quantitative estimate of drug-likeness (QED) is 0.616. The third kappa shape index (κ3) is 1.89. The summed E-state index contributed by atoms with van der Waals surface area (Å²) < 4.78 is 24.9. The zero-order valence-corrected chi connectivity index (χ0v) is 7.18. The second-order valence-electron chi connectivity index (χ2n) is 2.02. The van der Waals surface area contributed by atoms with Crippen LogP contribution in [0.3, 0.4) is 0 Å². The van der Waals surface area contributed by atoms with Crippen LogP contribution in [0.5, 0.6) is 0 Å². The highest BCUT2D eigenvalue weighted by molar-refractivity contribution is 9.11. The third-order valence-corrected chi connectivity index (χ3v) is 1.73. The molecule has 0 aliphatic carbocycles. The summed E-state index contributed by atoms with van der Waals surface area (Å²) in [5.41, 5.74) is 0.286. The molecule has 0 N–H and O–H groups in total. The van der Waals surface area contributed by atoms with Crippen molar-refractivity contribution < 1.29 is 8.78 Å². The summed E-state index contributed by atoms with van der Waals surface area (Å²) >= 11 is 3.15. The summed E-state index contributed by atoms with van der Waals surface area (Å²) in [4.78, 5) is 0.796. The highest BCUT2D eigenvalue weighted by Gasteiger charge is 2.15. The number of rotatable bonds is 1. The Kier molecular flexibility index (Phi) is 2.44. The third-order valence-electron chi connectivity index (χ3n) is 1.24. The van der Waals surface area contributed by atoms with E-state index in [0.717, 1.165) is 9.38 Å². The lowest BCUT2D eigenvalue weighted by Crippen LogP contribution is -2.22. The van der Waals surface area contributed by atoms with Crippen molar-refractivity contribution in [1.82, 2.24) is 4.90 Å². The van der Waals surface area contributed by atoms with E-state index in [-0.39, 0.29) is 5.70 Å². The molecule has 11 heavy (non-hydrogen) atoms. The van der Waals surface area contributed by atoms with E-state index in [1.165, 1.54) is 12.3 Å². The highest BCUT2D eigenvalue weighted by Crippen LogP contribution is 2.22. The molecule has 0 saturated heterocycles. The minimum atomic E-state index is -2.52. The van der Waals surface area contributed by atoms with E-state index in [1.807, 2.05) is 0 Å². The predicted octanol–water partition coefficient (Wildman–Crippen LogP) is 2.83. The van der Waals surface area contributed by atoms with Gasteiger partial charge in [0.1, 0.15) is 0 Å². The molecule has 0 aromatic rings. The summed E-state index contributed by atoms with van der Waals surface area (Å²) in [7, 11) is 0. The Labute approximate surface area is 71.8 Å². The Morgan fingerprint density at radius 2 is 2.18 bits per heavy atom. The molecule has 1 aliphatic heterocycles. The van der Waals surface area contributed by atoms with Crippen molar-refractivity contribution >= 4 is 15.9 Å². The van der Waals surface area contributed by atoms with Gasteiger partial charge in [0, 0.05) is 16.4 Å². The monoisotopic (exact) mass is 221 g/mol. The van der Waals surface area contributed by atoms with Crippen LogP contribution in [0.2, 0.25) is 0 Å². The van der Waals surface area contributed by atoms with Gasteiger partial charge in [-0.1, -0.05) is 22.5 Å². The van der Waals surface area contributed by atoms with Crippen LogP contribution in [0.15, 0.2) is 35.1 Å². The zero-order valence-electron chi connectivity index (χ0n) is 5.60. The SMILES string of the molecule is C=C1C=C(Br)C=CN1C(F)F. The van der Waals surface area contributed by atoms with Crippen LogP contribution >= 0.6 is 15.9 Å². The minimum Gasteiger partial charge on any atom is -0.292 e. The Morgan fingerprint density at radius 3 is 2.64 bits per heavy atom. The van der Waals surface area contributed by atoms with Crippen molar-refractivity contribution in [2.24, 2.45) is 0 Å². The van der Waals surface area contributed by atoms with Gasteiger partial charge in [-0.15, -0.1) is 0 Å². The molecule has 0 spiro atoms. The Balaban J connectivity index is 2.77. The summed E-state index contributed by atoms with van der Waals surface area (Å²) in [6, 6.07) is 0. The molecule has 1 heterocycles. The van der Waals surface area contributed by atoms with Crippen molar-refractivity contribution in [3.8, 4) is 0 Å². The molecule has 0 saturated carbocycles. The first kappa shape index (κ1) is 8.46. The Morgan fingerprint density at radius 1 is 1.55 bits per heavy atom. The molecule has 0 bridgehead atoms. The normalized spacial score (nSPS) is 17.6. The molecule has 60 valence electrons. The van der Waals surface area contributed by atoms with E-state index in [4.69, 9.17) is 0 Å². The topological polar surface area (TPSA) is 3.24 Å². The van der Waals surface area contributed by atoms with Gasteiger partial charge in [-0.2, -0.15) is 8.78 Å². The number of alkyl halides is 2. The maximum atomic E-state index is 12.1. The molecular formula is C7H6BrF2N. The molecular weight excluding hydrogens is 216 g/mol. The van der Waals surface area contributed by atoms with Crippen molar-refractivity contribution in [1.29, 1.82) is 0 Å². The first-order valence-electron chi connectivity index (χ1n) is 2.92. The Bertz CT molecular complexity index is 233. The van der Waals surface area contributed by atoms with Gasteiger partial charge in [0.05, 0.1) is 0 Å². The molecule has 0 fully saturated rings. The largest absolute Gasteiger partial charge is 0.318 e. The summed E-state index contributed by atoms with van der Waals surface area (Å²) in [6.45, 7) is 0.938. The van der Waals surface area contributed by atoms with Gasteiger partial charge in [0.25, 0.3) is 0 Å². The average molecular weight is 222 g/mol. The van der Waals surface area contributed by atoms with Crippen LogP contribution in [0.4, 0.5) is 8.78 Å². The number of hydrogen-bond acceptors (Lipinski definition) is 1. The lowest BCUT2D eigenvalue weighted by atomic mass is 10.3. The number of nitrogens with zero attached hydrogens (tertiary/aromatic N) is 1. The van der Waals surface area contributed by atoms with Crippen molar-refractivity contribution in [3.05, 3.63) is 35.1 Å². The van der Waals surface area contributed by atoms with Crippen LogP contribution in [0.25, 0.3) is 0 Å². The van der Waals surface area contributed by atoms with Gasteiger partial charge >= 0.3 is 6.55 Å². The molecule has 0 radical (unpaired) electrons. The lowest BCUT2D eigenvalue weighted by molar-refractivity contribution is 0.0301. The predicted molar refractivity (Wildman–Crippen MR) is 43.1 cm³/mol. The second kappa shape index (κ2) is 3.17. The first-order valence-corrected chi connectivity index (χ1v) is 3.71. The van der Waals surface area contributed by atoms with E-state index >= 15 is 0 Å². The fourth-order valence-electron chi connectivity index (χ4n) is 0.719. The summed E-state index contributed by atoms with van der Waals surface area (Å²) in [5.74, 6) is 0. The van der Waals surface area contributed by atoms with Crippen LogP contribution in [0, 0.1) is 0 Å². The highest BCUT2D eigenvalue weighted by atomic mass is 79.9. The molecule has 1 aliphatic rings.